The maximum atomic E-state index is 14.0. The minimum atomic E-state index is -0.520. The number of aliphatic imine (C=N–C) groups is 1. The number of aromatic nitrogens is 2. The van der Waals surface area contributed by atoms with Crippen LogP contribution in [0.15, 0.2) is 59.4 Å². The predicted octanol–water partition coefficient (Wildman–Crippen LogP) is 4.21. The Labute approximate surface area is 233 Å². The molecule has 1 atom stereocenters. The molecule has 2 fully saturated rings. The van der Waals surface area contributed by atoms with Gasteiger partial charge in [0.2, 0.25) is 5.91 Å². The highest BCUT2D eigenvalue weighted by Crippen LogP contribution is 2.32. The number of likely N-dealkylation sites (tertiary alicyclic amines) is 1. The van der Waals surface area contributed by atoms with E-state index in [4.69, 9.17) is 10.1 Å². The van der Waals surface area contributed by atoms with Crippen LogP contribution < -0.4 is 10.2 Å². The van der Waals surface area contributed by atoms with Gasteiger partial charge in [-0.1, -0.05) is 31.2 Å². The first-order chi connectivity index (χ1) is 18.6. The van der Waals surface area contributed by atoms with Crippen LogP contribution in [-0.4, -0.2) is 77.1 Å². The van der Waals surface area contributed by atoms with Crippen LogP contribution in [0.3, 0.4) is 0 Å². The van der Waals surface area contributed by atoms with Crippen LogP contribution in [0, 0.1) is 5.92 Å². The highest BCUT2D eigenvalue weighted by Gasteiger charge is 2.46. The summed E-state index contributed by atoms with van der Waals surface area (Å²) in [7, 11) is 6.04. The fraction of sp³-hybridized carbons (Fsp3) is 0.516. The molecule has 3 aliphatic heterocycles. The molecule has 208 valence electrons. The molecule has 0 radical (unpaired) electrons. The minimum absolute atomic E-state index is 0.197. The molecule has 1 amide bonds. The number of carbonyl (C=O) groups excluding carboxylic acids is 1. The first-order valence-electron chi connectivity index (χ1n) is 14.2. The van der Waals surface area contributed by atoms with Gasteiger partial charge in [-0.05, 0) is 56.4 Å². The molecule has 4 heterocycles. The molecule has 39 heavy (non-hydrogen) atoms. The number of rotatable bonds is 4. The van der Waals surface area contributed by atoms with Crippen molar-refractivity contribution in [3.05, 3.63) is 60.1 Å². The van der Waals surface area contributed by atoms with Gasteiger partial charge in [0.25, 0.3) is 0 Å². The smallest absolute Gasteiger partial charge is 0.243 e. The molecular formula is C31H43N7O. The second-order valence-corrected chi connectivity index (χ2v) is 11.7. The van der Waals surface area contributed by atoms with Gasteiger partial charge in [-0.3, -0.25) is 9.48 Å². The number of amides is 1. The second kappa shape index (κ2) is 11.0. The van der Waals surface area contributed by atoms with Crippen molar-refractivity contribution in [1.29, 1.82) is 0 Å². The molecule has 1 aromatic heterocycles. The van der Waals surface area contributed by atoms with Crippen molar-refractivity contribution in [1.82, 2.24) is 24.9 Å². The van der Waals surface area contributed by atoms with Gasteiger partial charge in [-0.2, -0.15) is 5.10 Å². The Balaban J connectivity index is 1.31. The lowest BCUT2D eigenvalue weighted by molar-refractivity contribution is -0.144. The number of piperidine rings is 1. The van der Waals surface area contributed by atoms with E-state index in [9.17, 15) is 4.79 Å². The van der Waals surface area contributed by atoms with Gasteiger partial charge in [0.1, 0.15) is 11.4 Å². The van der Waals surface area contributed by atoms with Crippen molar-refractivity contribution in [3.63, 3.8) is 0 Å². The first kappa shape index (κ1) is 27.2. The summed E-state index contributed by atoms with van der Waals surface area (Å²) in [6.07, 6.45) is 7.87. The van der Waals surface area contributed by atoms with Crippen LogP contribution in [-0.2, 0) is 18.4 Å². The largest absolute Gasteiger partial charge is 0.378 e. The standard InChI is InChI=1S/C31H43N7O/c1-22-10-11-23(2)29(33-24(3)18-22)37-15-12-31(13-16-37)30(39)38(17-14-32-31)21-28-27(20-36(6)34-28)25-8-7-9-26(19-25)35(4)5/h7-9,18-20,23,32H,3,10-17,21H2,1-2,4-6H3/b22-18-,33-29?. The Kier molecular flexibility index (Phi) is 7.67. The molecule has 1 aromatic carbocycles. The number of nitrogens with zero attached hydrogens (tertiary/aromatic N) is 6. The topological polar surface area (TPSA) is 69.0 Å². The van der Waals surface area contributed by atoms with Crippen molar-refractivity contribution in [2.45, 2.75) is 51.6 Å². The predicted molar refractivity (Wildman–Crippen MR) is 159 cm³/mol. The van der Waals surface area contributed by atoms with E-state index in [0.717, 1.165) is 79.4 Å². The highest BCUT2D eigenvalue weighted by atomic mass is 16.2. The molecule has 0 saturated carbocycles. The zero-order valence-corrected chi connectivity index (χ0v) is 24.2. The molecule has 2 aromatic rings. The average Bonchev–Trinajstić information content (AvgIpc) is 3.28. The van der Waals surface area contributed by atoms with Crippen LogP contribution in [0.4, 0.5) is 5.69 Å². The molecule has 1 spiro atoms. The molecule has 5 rings (SSSR count). The lowest BCUT2D eigenvalue weighted by Gasteiger charge is -2.48. The Morgan fingerprint density at radius 3 is 2.72 bits per heavy atom. The molecule has 0 bridgehead atoms. The summed E-state index contributed by atoms with van der Waals surface area (Å²) in [5.74, 6) is 1.69. The monoisotopic (exact) mass is 529 g/mol. The molecule has 1 N–H and O–H groups in total. The third kappa shape index (κ3) is 5.66. The molecule has 0 aliphatic carbocycles. The van der Waals surface area contributed by atoms with Gasteiger partial charge in [-0.25, -0.2) is 4.99 Å². The molecule has 2 saturated heterocycles. The van der Waals surface area contributed by atoms with E-state index >= 15 is 0 Å². The summed E-state index contributed by atoms with van der Waals surface area (Å²) in [6, 6.07) is 8.48. The van der Waals surface area contributed by atoms with Crippen LogP contribution in [0.1, 0.15) is 45.2 Å². The SMILES string of the molecule is C=C1/C=C(/C)CCC(C)C(N2CCC3(CC2)NCCN(Cc2nn(C)cc2-c2cccc(N(C)C)c2)C3=O)=N1. The van der Waals surface area contributed by atoms with Gasteiger partial charge in [0, 0.05) is 70.7 Å². The van der Waals surface area contributed by atoms with Crippen molar-refractivity contribution < 1.29 is 4.79 Å². The molecule has 8 nitrogen and oxygen atoms in total. The summed E-state index contributed by atoms with van der Waals surface area (Å²) < 4.78 is 1.86. The van der Waals surface area contributed by atoms with Crippen molar-refractivity contribution in [2.24, 2.45) is 18.0 Å². The zero-order valence-electron chi connectivity index (χ0n) is 24.2. The number of hydrogen-bond donors (Lipinski definition) is 1. The van der Waals surface area contributed by atoms with E-state index < -0.39 is 5.54 Å². The van der Waals surface area contributed by atoms with Crippen molar-refractivity contribution in [3.8, 4) is 11.1 Å². The summed E-state index contributed by atoms with van der Waals surface area (Å²) in [5.41, 5.74) is 5.93. The minimum Gasteiger partial charge on any atom is -0.378 e. The second-order valence-electron chi connectivity index (χ2n) is 11.7. The maximum absolute atomic E-state index is 14.0. The fourth-order valence-corrected chi connectivity index (χ4v) is 6.20. The van der Waals surface area contributed by atoms with E-state index in [1.807, 2.05) is 30.7 Å². The number of nitrogens with one attached hydrogen (secondary N) is 1. The van der Waals surface area contributed by atoms with Crippen LogP contribution in [0.2, 0.25) is 0 Å². The van der Waals surface area contributed by atoms with Gasteiger partial charge in [0.05, 0.1) is 17.9 Å². The van der Waals surface area contributed by atoms with E-state index in [-0.39, 0.29) is 5.91 Å². The summed E-state index contributed by atoms with van der Waals surface area (Å²) >= 11 is 0. The maximum Gasteiger partial charge on any atom is 0.243 e. The van der Waals surface area contributed by atoms with Crippen molar-refractivity contribution in [2.75, 3.05) is 45.2 Å². The van der Waals surface area contributed by atoms with Crippen LogP contribution in [0.25, 0.3) is 11.1 Å². The van der Waals surface area contributed by atoms with Gasteiger partial charge in [-0.15, -0.1) is 0 Å². The normalized spacial score (nSPS) is 23.3. The third-order valence-corrected chi connectivity index (χ3v) is 8.49. The number of anilines is 1. The number of aryl methyl sites for hydroxylation is 1. The lowest BCUT2D eigenvalue weighted by atomic mass is 9.83. The summed E-state index contributed by atoms with van der Waals surface area (Å²) in [5, 5.41) is 8.41. The average molecular weight is 530 g/mol. The molecule has 8 heteroatoms. The van der Waals surface area contributed by atoms with Gasteiger partial charge >= 0.3 is 0 Å². The summed E-state index contributed by atoms with van der Waals surface area (Å²) in [4.78, 5) is 25.4. The molecule has 3 aliphatic rings. The molecule has 1 unspecified atom stereocenters. The van der Waals surface area contributed by atoms with Gasteiger partial charge < -0.3 is 20.0 Å². The Bertz CT molecular complexity index is 1300. The number of hydrogen-bond acceptors (Lipinski definition) is 6. The number of allylic oxidation sites excluding steroid dienone is 2. The van der Waals surface area contributed by atoms with E-state index in [0.29, 0.717) is 19.0 Å². The quantitative estimate of drug-likeness (QED) is 0.643. The number of carbonyl (C=O) groups is 1. The Morgan fingerprint density at radius 2 is 1.97 bits per heavy atom. The number of amidine groups is 1. The highest BCUT2D eigenvalue weighted by molar-refractivity contribution is 5.89. The number of piperazine rings is 1. The Morgan fingerprint density at radius 1 is 1.21 bits per heavy atom. The summed E-state index contributed by atoms with van der Waals surface area (Å²) in [6.45, 7) is 12.2. The lowest BCUT2D eigenvalue weighted by Crippen LogP contribution is -2.67. The Hall–Kier alpha value is -3.39. The van der Waals surface area contributed by atoms with E-state index in [1.165, 1.54) is 5.57 Å². The zero-order chi connectivity index (χ0) is 27.7. The fourth-order valence-electron chi connectivity index (χ4n) is 6.20. The first-order valence-corrected chi connectivity index (χ1v) is 14.2. The third-order valence-electron chi connectivity index (χ3n) is 8.49. The molecular weight excluding hydrogens is 486 g/mol. The number of benzene rings is 1. The van der Waals surface area contributed by atoms with Crippen LogP contribution >= 0.6 is 0 Å². The van der Waals surface area contributed by atoms with Crippen molar-refractivity contribution >= 4 is 17.4 Å². The van der Waals surface area contributed by atoms with Crippen LogP contribution in [0.5, 0.6) is 0 Å². The van der Waals surface area contributed by atoms with E-state index in [1.54, 1.807) is 0 Å². The van der Waals surface area contributed by atoms with Gasteiger partial charge in [0.15, 0.2) is 0 Å². The van der Waals surface area contributed by atoms with E-state index in [2.05, 4.69) is 72.1 Å².